The van der Waals surface area contributed by atoms with E-state index in [0.29, 0.717) is 23.0 Å². The zero-order valence-electron chi connectivity index (χ0n) is 16.4. The van der Waals surface area contributed by atoms with Crippen molar-refractivity contribution in [1.29, 1.82) is 0 Å². The van der Waals surface area contributed by atoms with E-state index in [1.54, 1.807) is 43.3 Å². The molecule has 0 unspecified atom stereocenters. The maximum absolute atomic E-state index is 14.0. The number of halogens is 2. The van der Waals surface area contributed by atoms with Gasteiger partial charge in [0.1, 0.15) is 11.9 Å². The highest BCUT2D eigenvalue weighted by molar-refractivity contribution is 6.30. The smallest absolute Gasteiger partial charge is 0.242 e. The normalized spacial score (nSPS) is 11.9. The highest BCUT2D eigenvalue weighted by Crippen LogP contribution is 2.17. The fourth-order valence-electron chi connectivity index (χ4n) is 2.77. The highest BCUT2D eigenvalue weighted by Gasteiger charge is 2.26. The fraction of sp³-hybridized carbons (Fsp3) is 0.364. The van der Waals surface area contributed by atoms with Crippen molar-refractivity contribution in [3.05, 3.63) is 70.5 Å². The summed E-state index contributed by atoms with van der Waals surface area (Å²) in [6.07, 6.45) is -0.116. The Morgan fingerprint density at radius 2 is 1.82 bits per heavy atom. The molecular weight excluding hydrogens is 379 g/mol. The Labute approximate surface area is 170 Å². The molecule has 0 radical (unpaired) electrons. The van der Waals surface area contributed by atoms with Gasteiger partial charge in [-0.25, -0.2) is 4.39 Å². The molecule has 2 aromatic rings. The second kappa shape index (κ2) is 10.2. The summed E-state index contributed by atoms with van der Waals surface area (Å²) in [5.41, 5.74) is 1.11. The predicted octanol–water partition coefficient (Wildman–Crippen LogP) is 4.21. The Balaban J connectivity index is 2.22. The standard InChI is InChI=1S/C22H26ClFN2O2/c1-15(2)13-25-22(28)16(3)26(14-17-7-6-9-19(23)11-17)21(27)12-18-8-4-5-10-20(18)24/h4-11,15-16H,12-14H2,1-3H3,(H,25,28)/t16-/m1/s1. The number of carbonyl (C=O) groups is 2. The summed E-state index contributed by atoms with van der Waals surface area (Å²) in [5.74, 6) is -0.697. The molecule has 0 aliphatic heterocycles. The lowest BCUT2D eigenvalue weighted by molar-refractivity contribution is -0.140. The van der Waals surface area contributed by atoms with Crippen molar-refractivity contribution in [3.8, 4) is 0 Å². The number of nitrogens with zero attached hydrogens (tertiary/aromatic N) is 1. The molecule has 1 N–H and O–H groups in total. The van der Waals surface area contributed by atoms with Crippen molar-refractivity contribution < 1.29 is 14.0 Å². The third-order valence-corrected chi connectivity index (χ3v) is 4.63. The first kappa shape index (κ1) is 21.9. The van der Waals surface area contributed by atoms with Gasteiger partial charge >= 0.3 is 0 Å². The Bertz CT molecular complexity index is 826. The topological polar surface area (TPSA) is 49.4 Å². The van der Waals surface area contributed by atoms with Crippen molar-refractivity contribution in [1.82, 2.24) is 10.2 Å². The van der Waals surface area contributed by atoms with Crippen LogP contribution in [-0.2, 0) is 22.6 Å². The van der Waals surface area contributed by atoms with Crippen LogP contribution in [0.2, 0.25) is 5.02 Å². The van der Waals surface area contributed by atoms with Crippen LogP contribution in [0, 0.1) is 11.7 Å². The molecule has 2 amide bonds. The second-order valence-corrected chi connectivity index (χ2v) is 7.67. The lowest BCUT2D eigenvalue weighted by Crippen LogP contribution is -2.48. The van der Waals surface area contributed by atoms with Gasteiger partial charge in [-0.3, -0.25) is 9.59 Å². The molecule has 2 rings (SSSR count). The van der Waals surface area contributed by atoms with Crippen LogP contribution in [0.4, 0.5) is 4.39 Å². The minimum Gasteiger partial charge on any atom is -0.354 e. The van der Waals surface area contributed by atoms with E-state index in [0.717, 1.165) is 5.56 Å². The van der Waals surface area contributed by atoms with E-state index in [1.165, 1.54) is 11.0 Å². The van der Waals surface area contributed by atoms with E-state index in [-0.39, 0.29) is 24.8 Å². The van der Waals surface area contributed by atoms with Crippen LogP contribution in [0.15, 0.2) is 48.5 Å². The molecule has 0 aliphatic rings. The van der Waals surface area contributed by atoms with Crippen LogP contribution < -0.4 is 5.32 Å². The molecule has 0 fully saturated rings. The quantitative estimate of drug-likeness (QED) is 0.716. The molecule has 0 aromatic heterocycles. The largest absolute Gasteiger partial charge is 0.354 e. The molecule has 0 bridgehead atoms. The van der Waals surface area contributed by atoms with Crippen LogP contribution in [0.3, 0.4) is 0 Å². The highest BCUT2D eigenvalue weighted by atomic mass is 35.5. The Hall–Kier alpha value is -2.40. The van der Waals surface area contributed by atoms with E-state index < -0.39 is 11.9 Å². The zero-order valence-corrected chi connectivity index (χ0v) is 17.2. The summed E-state index contributed by atoms with van der Waals surface area (Å²) in [4.78, 5) is 27.0. The van der Waals surface area contributed by atoms with Crippen molar-refractivity contribution in [2.24, 2.45) is 5.92 Å². The van der Waals surface area contributed by atoms with Crippen molar-refractivity contribution >= 4 is 23.4 Å². The van der Waals surface area contributed by atoms with Crippen molar-refractivity contribution in [2.75, 3.05) is 6.54 Å². The first-order chi connectivity index (χ1) is 13.3. The minimum absolute atomic E-state index is 0.116. The Kier molecular flexibility index (Phi) is 8.00. The molecule has 6 heteroatoms. The summed E-state index contributed by atoms with van der Waals surface area (Å²) in [7, 11) is 0. The number of amides is 2. The molecular formula is C22H26ClFN2O2. The lowest BCUT2D eigenvalue weighted by Gasteiger charge is -2.29. The third-order valence-electron chi connectivity index (χ3n) is 4.39. The van der Waals surface area contributed by atoms with Gasteiger partial charge in [0, 0.05) is 18.1 Å². The van der Waals surface area contributed by atoms with E-state index in [2.05, 4.69) is 5.32 Å². The van der Waals surface area contributed by atoms with Gasteiger partial charge < -0.3 is 10.2 Å². The summed E-state index contributed by atoms with van der Waals surface area (Å²) in [6, 6.07) is 12.6. The minimum atomic E-state index is -0.697. The number of benzene rings is 2. The van der Waals surface area contributed by atoms with Gasteiger partial charge in [0.15, 0.2) is 0 Å². The maximum Gasteiger partial charge on any atom is 0.242 e. The summed E-state index contributed by atoms with van der Waals surface area (Å²) < 4.78 is 14.0. The molecule has 4 nitrogen and oxygen atoms in total. The number of nitrogens with one attached hydrogen (secondary N) is 1. The van der Waals surface area contributed by atoms with Gasteiger partial charge in [0.2, 0.25) is 11.8 Å². The molecule has 2 aromatic carbocycles. The van der Waals surface area contributed by atoms with Crippen molar-refractivity contribution in [2.45, 2.75) is 39.8 Å². The van der Waals surface area contributed by atoms with Gasteiger partial charge in [-0.05, 0) is 42.2 Å². The third kappa shape index (κ3) is 6.34. The number of hydrogen-bond acceptors (Lipinski definition) is 2. The Morgan fingerprint density at radius 1 is 1.11 bits per heavy atom. The van der Waals surface area contributed by atoms with E-state index in [9.17, 15) is 14.0 Å². The maximum atomic E-state index is 14.0. The number of carbonyl (C=O) groups excluding carboxylic acids is 2. The van der Waals surface area contributed by atoms with Crippen LogP contribution in [0.25, 0.3) is 0 Å². The van der Waals surface area contributed by atoms with Crippen molar-refractivity contribution in [3.63, 3.8) is 0 Å². The number of hydrogen-bond donors (Lipinski definition) is 1. The first-order valence-corrected chi connectivity index (χ1v) is 9.70. The predicted molar refractivity (Wildman–Crippen MR) is 109 cm³/mol. The molecule has 0 spiro atoms. The summed E-state index contributed by atoms with van der Waals surface area (Å²) in [5, 5.41) is 3.41. The average Bonchev–Trinajstić information content (AvgIpc) is 2.65. The molecule has 28 heavy (non-hydrogen) atoms. The van der Waals surface area contributed by atoms with Crippen LogP contribution in [0.1, 0.15) is 31.9 Å². The molecule has 1 atom stereocenters. The average molecular weight is 405 g/mol. The zero-order chi connectivity index (χ0) is 20.7. The van der Waals surface area contributed by atoms with Crippen LogP contribution >= 0.6 is 11.6 Å². The SMILES string of the molecule is CC(C)CNC(=O)[C@@H](C)N(Cc1cccc(Cl)c1)C(=O)Cc1ccccc1F. The van der Waals surface area contributed by atoms with Gasteiger partial charge in [-0.2, -0.15) is 0 Å². The number of rotatable bonds is 8. The lowest BCUT2D eigenvalue weighted by atomic mass is 10.1. The first-order valence-electron chi connectivity index (χ1n) is 9.33. The molecule has 0 saturated carbocycles. The van der Waals surface area contributed by atoms with Gasteiger partial charge in [0.05, 0.1) is 6.42 Å². The monoisotopic (exact) mass is 404 g/mol. The van der Waals surface area contributed by atoms with E-state index in [4.69, 9.17) is 11.6 Å². The molecule has 0 saturated heterocycles. The molecule has 150 valence electrons. The van der Waals surface area contributed by atoms with Crippen LogP contribution in [-0.4, -0.2) is 29.3 Å². The molecule has 0 heterocycles. The Morgan fingerprint density at radius 3 is 2.46 bits per heavy atom. The van der Waals surface area contributed by atoms with E-state index in [1.807, 2.05) is 19.9 Å². The van der Waals surface area contributed by atoms with E-state index >= 15 is 0 Å². The fourth-order valence-corrected chi connectivity index (χ4v) is 2.99. The van der Waals surface area contributed by atoms with Gasteiger partial charge in [0.25, 0.3) is 0 Å². The summed E-state index contributed by atoms with van der Waals surface area (Å²) >= 11 is 6.05. The molecule has 0 aliphatic carbocycles. The van der Waals surface area contributed by atoms with Gasteiger partial charge in [-0.1, -0.05) is 55.8 Å². The summed E-state index contributed by atoms with van der Waals surface area (Å²) in [6.45, 7) is 6.41. The van der Waals surface area contributed by atoms with Gasteiger partial charge in [-0.15, -0.1) is 0 Å². The van der Waals surface area contributed by atoms with Crippen LogP contribution in [0.5, 0.6) is 0 Å². The second-order valence-electron chi connectivity index (χ2n) is 7.23.